The summed E-state index contributed by atoms with van der Waals surface area (Å²) in [6.45, 7) is 1.47. The summed E-state index contributed by atoms with van der Waals surface area (Å²) in [5.41, 5.74) is 1.32. The molecule has 0 amide bonds. The van der Waals surface area contributed by atoms with Gasteiger partial charge in [0.2, 0.25) is 0 Å². The van der Waals surface area contributed by atoms with Crippen LogP contribution in [0.25, 0.3) is 0 Å². The second-order valence-corrected chi connectivity index (χ2v) is 3.64. The first kappa shape index (κ1) is 12.6. The molecular weight excluding hydrogens is 213 g/mol. The van der Waals surface area contributed by atoms with Gasteiger partial charge in [-0.05, 0) is 24.6 Å². The molecule has 0 heterocycles. The fraction of sp³-hybridized carbons (Fsp3) is 0.364. The second-order valence-electron chi connectivity index (χ2n) is 3.64. The first-order valence-corrected chi connectivity index (χ1v) is 4.80. The predicted octanol–water partition coefficient (Wildman–Crippen LogP) is 1.10. The number of hydrogen-bond acceptors (Lipinski definition) is 4. The fourth-order valence-corrected chi connectivity index (χ4v) is 1.34. The number of carbonyl (C=O) groups is 1. The van der Waals surface area contributed by atoms with Crippen molar-refractivity contribution in [1.82, 2.24) is 5.48 Å². The van der Waals surface area contributed by atoms with Crippen molar-refractivity contribution >= 4 is 5.97 Å². The highest BCUT2D eigenvalue weighted by Gasteiger charge is 2.27. The molecule has 88 valence electrons. The highest BCUT2D eigenvalue weighted by Crippen LogP contribution is 2.24. The Labute approximate surface area is 93.0 Å². The van der Waals surface area contributed by atoms with Gasteiger partial charge < -0.3 is 9.94 Å². The predicted molar refractivity (Wildman–Crippen MR) is 55.7 cm³/mol. The molecule has 1 atom stereocenters. The molecule has 0 aliphatic carbocycles. The molecule has 0 spiro atoms. The van der Waals surface area contributed by atoms with Crippen molar-refractivity contribution in [2.75, 3.05) is 7.05 Å². The van der Waals surface area contributed by atoms with E-state index >= 15 is 0 Å². The standard InChI is InChI=1S/C11H14FNO3/c1-11(15,7-10(14)16-13-2)8-3-5-9(12)6-4-8/h3-6,13,15H,7H2,1-2H3. The summed E-state index contributed by atoms with van der Waals surface area (Å²) in [6, 6.07) is 5.32. The van der Waals surface area contributed by atoms with Gasteiger partial charge in [0.05, 0.1) is 12.0 Å². The molecule has 1 aromatic rings. The average molecular weight is 227 g/mol. The lowest BCUT2D eigenvalue weighted by Gasteiger charge is -2.22. The van der Waals surface area contributed by atoms with Gasteiger partial charge in [-0.3, -0.25) is 4.79 Å². The van der Waals surface area contributed by atoms with Crippen molar-refractivity contribution in [3.8, 4) is 0 Å². The molecule has 2 N–H and O–H groups in total. The van der Waals surface area contributed by atoms with Crippen LogP contribution in [0, 0.1) is 5.82 Å². The van der Waals surface area contributed by atoms with E-state index in [1.165, 1.54) is 38.2 Å². The zero-order valence-electron chi connectivity index (χ0n) is 9.16. The summed E-state index contributed by atoms with van der Waals surface area (Å²) in [7, 11) is 1.45. The van der Waals surface area contributed by atoms with E-state index in [-0.39, 0.29) is 6.42 Å². The molecular formula is C11H14FNO3. The highest BCUT2D eigenvalue weighted by molar-refractivity contribution is 5.70. The molecule has 1 unspecified atom stereocenters. The number of rotatable bonds is 4. The van der Waals surface area contributed by atoms with Crippen molar-refractivity contribution in [1.29, 1.82) is 0 Å². The van der Waals surface area contributed by atoms with Crippen LogP contribution in [0.5, 0.6) is 0 Å². The Morgan fingerprint density at radius 1 is 1.50 bits per heavy atom. The monoisotopic (exact) mass is 227 g/mol. The summed E-state index contributed by atoms with van der Waals surface area (Å²) in [5, 5.41) is 10.0. The molecule has 0 bridgehead atoms. The molecule has 0 saturated carbocycles. The number of nitrogens with one attached hydrogen (secondary N) is 1. The van der Waals surface area contributed by atoms with E-state index in [9.17, 15) is 14.3 Å². The van der Waals surface area contributed by atoms with Crippen LogP contribution in [0.15, 0.2) is 24.3 Å². The second kappa shape index (κ2) is 5.05. The van der Waals surface area contributed by atoms with Gasteiger partial charge in [-0.25, -0.2) is 4.39 Å². The number of halogens is 1. The Morgan fingerprint density at radius 2 is 2.06 bits per heavy atom. The summed E-state index contributed by atoms with van der Waals surface area (Å²) in [6.07, 6.45) is -0.209. The van der Waals surface area contributed by atoms with E-state index in [4.69, 9.17) is 0 Å². The molecule has 5 heteroatoms. The van der Waals surface area contributed by atoms with E-state index in [0.717, 1.165) is 0 Å². The van der Waals surface area contributed by atoms with E-state index in [2.05, 4.69) is 10.3 Å². The third-order valence-corrected chi connectivity index (χ3v) is 2.17. The van der Waals surface area contributed by atoms with Crippen LogP contribution in [-0.4, -0.2) is 18.1 Å². The maximum atomic E-state index is 12.7. The molecule has 0 aliphatic heterocycles. The molecule has 0 fully saturated rings. The molecule has 0 aliphatic rings. The van der Waals surface area contributed by atoms with E-state index in [1.54, 1.807) is 0 Å². The quantitative estimate of drug-likeness (QED) is 0.756. The summed E-state index contributed by atoms with van der Waals surface area (Å²) < 4.78 is 12.7. The van der Waals surface area contributed by atoms with Gasteiger partial charge in [0.15, 0.2) is 0 Å². The van der Waals surface area contributed by atoms with Crippen molar-refractivity contribution in [3.05, 3.63) is 35.6 Å². The van der Waals surface area contributed by atoms with Crippen LogP contribution in [0.1, 0.15) is 18.9 Å². The SMILES string of the molecule is CNOC(=O)CC(C)(O)c1ccc(F)cc1. The summed E-state index contributed by atoms with van der Waals surface area (Å²) in [5.74, 6) is -0.978. The number of aliphatic hydroxyl groups is 1. The summed E-state index contributed by atoms with van der Waals surface area (Å²) in [4.78, 5) is 15.7. The first-order valence-electron chi connectivity index (χ1n) is 4.80. The van der Waals surface area contributed by atoms with Crippen molar-refractivity contribution < 1.29 is 19.1 Å². The maximum Gasteiger partial charge on any atom is 0.327 e. The molecule has 0 radical (unpaired) electrons. The van der Waals surface area contributed by atoms with E-state index < -0.39 is 17.4 Å². The van der Waals surface area contributed by atoms with Gasteiger partial charge in [-0.2, -0.15) is 5.48 Å². The van der Waals surface area contributed by atoms with Crippen LogP contribution in [0.2, 0.25) is 0 Å². The van der Waals surface area contributed by atoms with Crippen LogP contribution < -0.4 is 5.48 Å². The minimum atomic E-state index is -1.37. The molecule has 0 aromatic heterocycles. The Hall–Kier alpha value is -1.46. The lowest BCUT2D eigenvalue weighted by Crippen LogP contribution is -2.28. The maximum absolute atomic E-state index is 12.7. The van der Waals surface area contributed by atoms with Gasteiger partial charge in [0.1, 0.15) is 5.82 Å². The molecule has 1 rings (SSSR count). The first-order chi connectivity index (χ1) is 7.45. The van der Waals surface area contributed by atoms with E-state index in [1.807, 2.05) is 0 Å². The van der Waals surface area contributed by atoms with Crippen LogP contribution in [0.4, 0.5) is 4.39 Å². The van der Waals surface area contributed by atoms with Crippen molar-refractivity contribution in [2.45, 2.75) is 18.9 Å². The summed E-state index contributed by atoms with van der Waals surface area (Å²) >= 11 is 0. The van der Waals surface area contributed by atoms with Gasteiger partial charge in [-0.15, -0.1) is 0 Å². The third kappa shape index (κ3) is 3.29. The molecule has 1 aromatic carbocycles. The van der Waals surface area contributed by atoms with Crippen LogP contribution in [-0.2, 0) is 15.2 Å². The highest BCUT2D eigenvalue weighted by atomic mass is 19.1. The van der Waals surface area contributed by atoms with Crippen LogP contribution >= 0.6 is 0 Å². The van der Waals surface area contributed by atoms with Crippen LogP contribution in [0.3, 0.4) is 0 Å². The Kier molecular flexibility index (Phi) is 3.98. The average Bonchev–Trinajstić information content (AvgIpc) is 2.17. The lowest BCUT2D eigenvalue weighted by atomic mass is 9.93. The molecule has 0 saturated heterocycles. The Morgan fingerprint density at radius 3 is 2.56 bits per heavy atom. The lowest BCUT2D eigenvalue weighted by molar-refractivity contribution is -0.155. The number of hydrogen-bond donors (Lipinski definition) is 2. The third-order valence-electron chi connectivity index (χ3n) is 2.17. The van der Waals surface area contributed by atoms with Gasteiger partial charge in [0.25, 0.3) is 0 Å². The number of hydroxylamine groups is 1. The number of carbonyl (C=O) groups excluding carboxylic acids is 1. The zero-order valence-corrected chi connectivity index (χ0v) is 9.16. The Bertz CT molecular complexity index is 362. The van der Waals surface area contributed by atoms with Gasteiger partial charge in [0, 0.05) is 7.05 Å². The van der Waals surface area contributed by atoms with Gasteiger partial charge >= 0.3 is 5.97 Å². The minimum absolute atomic E-state index is 0.209. The topological polar surface area (TPSA) is 58.6 Å². The normalized spacial score (nSPS) is 14.2. The van der Waals surface area contributed by atoms with Crippen molar-refractivity contribution in [3.63, 3.8) is 0 Å². The zero-order chi connectivity index (χ0) is 12.2. The minimum Gasteiger partial charge on any atom is -0.385 e. The van der Waals surface area contributed by atoms with Crippen molar-refractivity contribution in [2.24, 2.45) is 0 Å². The largest absolute Gasteiger partial charge is 0.385 e. The molecule has 4 nitrogen and oxygen atoms in total. The van der Waals surface area contributed by atoms with E-state index in [0.29, 0.717) is 5.56 Å². The fourth-order valence-electron chi connectivity index (χ4n) is 1.34. The number of benzene rings is 1. The molecule has 16 heavy (non-hydrogen) atoms. The van der Waals surface area contributed by atoms with Gasteiger partial charge in [-0.1, -0.05) is 12.1 Å². The smallest absolute Gasteiger partial charge is 0.327 e. The Balaban J connectivity index is 2.76.